The number of aliphatic hydroxyl groups is 1. The van der Waals surface area contributed by atoms with Crippen LogP contribution in [0.25, 0.3) is 11.3 Å². The average Bonchev–Trinajstić information content (AvgIpc) is 3.25. The van der Waals surface area contributed by atoms with Crippen LogP contribution in [0.3, 0.4) is 0 Å². The van der Waals surface area contributed by atoms with E-state index >= 15 is 0 Å². The van der Waals surface area contributed by atoms with E-state index in [1.54, 1.807) is 6.07 Å². The lowest BCUT2D eigenvalue weighted by Gasteiger charge is -2.32. The molecular weight excluding hydrogens is 364 g/mol. The van der Waals surface area contributed by atoms with Crippen molar-refractivity contribution in [2.24, 2.45) is 0 Å². The third-order valence-corrected chi connectivity index (χ3v) is 5.43. The predicted molar refractivity (Wildman–Crippen MR) is 115 cm³/mol. The molecule has 0 radical (unpaired) electrons. The van der Waals surface area contributed by atoms with E-state index in [0.717, 1.165) is 49.3 Å². The van der Waals surface area contributed by atoms with Gasteiger partial charge in [-0.1, -0.05) is 43.3 Å². The first-order chi connectivity index (χ1) is 14.1. The van der Waals surface area contributed by atoms with Crippen molar-refractivity contribution in [3.63, 3.8) is 0 Å². The van der Waals surface area contributed by atoms with Crippen LogP contribution in [0.4, 0.5) is 11.4 Å². The van der Waals surface area contributed by atoms with Crippen molar-refractivity contribution in [2.45, 2.75) is 32.3 Å². The molecule has 1 saturated heterocycles. The van der Waals surface area contributed by atoms with Gasteiger partial charge in [-0.15, -0.1) is 0 Å². The van der Waals surface area contributed by atoms with Crippen molar-refractivity contribution in [3.8, 4) is 11.3 Å². The number of piperidine rings is 1. The number of anilines is 2. The molecular formula is C24H26N2O3. The third kappa shape index (κ3) is 4.35. The summed E-state index contributed by atoms with van der Waals surface area (Å²) >= 11 is 0. The molecule has 0 bridgehead atoms. The Balaban J connectivity index is 1.49. The summed E-state index contributed by atoms with van der Waals surface area (Å²) in [5.41, 5.74) is 3.93. The quantitative estimate of drug-likeness (QED) is 0.661. The summed E-state index contributed by atoms with van der Waals surface area (Å²) in [7, 11) is 0. The van der Waals surface area contributed by atoms with Crippen LogP contribution in [0.2, 0.25) is 0 Å². The molecule has 2 aromatic carbocycles. The lowest BCUT2D eigenvalue weighted by molar-refractivity contribution is 0.0997. The van der Waals surface area contributed by atoms with Crippen molar-refractivity contribution in [1.82, 2.24) is 0 Å². The summed E-state index contributed by atoms with van der Waals surface area (Å²) in [6, 6.07) is 19.5. The van der Waals surface area contributed by atoms with Gasteiger partial charge in [-0.3, -0.25) is 4.79 Å². The second kappa shape index (κ2) is 8.53. The van der Waals surface area contributed by atoms with Gasteiger partial charge in [-0.25, -0.2) is 0 Å². The molecule has 150 valence electrons. The Morgan fingerprint density at radius 2 is 1.79 bits per heavy atom. The Morgan fingerprint density at radius 1 is 1.07 bits per heavy atom. The summed E-state index contributed by atoms with van der Waals surface area (Å²) < 4.78 is 5.82. The Morgan fingerprint density at radius 3 is 2.52 bits per heavy atom. The molecule has 4 rings (SSSR count). The number of amides is 1. The number of para-hydroxylation sites is 2. The van der Waals surface area contributed by atoms with Gasteiger partial charge in [0.15, 0.2) is 5.76 Å². The van der Waals surface area contributed by atoms with E-state index in [9.17, 15) is 9.90 Å². The van der Waals surface area contributed by atoms with E-state index in [1.807, 2.05) is 42.5 Å². The third-order valence-electron chi connectivity index (χ3n) is 5.43. The highest BCUT2D eigenvalue weighted by Gasteiger charge is 2.21. The van der Waals surface area contributed by atoms with Crippen LogP contribution >= 0.6 is 0 Å². The molecule has 3 aromatic rings. The first-order valence-corrected chi connectivity index (χ1v) is 10.2. The Bertz CT molecular complexity index is 970. The molecule has 0 unspecified atom stereocenters. The number of carbonyl (C=O) groups excluding carboxylic acids is 1. The monoisotopic (exact) mass is 390 g/mol. The number of rotatable bonds is 5. The summed E-state index contributed by atoms with van der Waals surface area (Å²) in [5.74, 6) is 0.686. The molecule has 5 heteroatoms. The first-order valence-electron chi connectivity index (χ1n) is 10.2. The number of nitrogens with zero attached hydrogens (tertiary/aromatic N) is 1. The molecule has 0 spiro atoms. The molecule has 1 aliphatic heterocycles. The number of hydrogen-bond acceptors (Lipinski definition) is 4. The maximum Gasteiger partial charge on any atom is 0.291 e. The summed E-state index contributed by atoms with van der Waals surface area (Å²) in [6.45, 7) is 3.66. The van der Waals surface area contributed by atoms with Gasteiger partial charge in [0.25, 0.3) is 5.91 Å². The topological polar surface area (TPSA) is 65.7 Å². The molecule has 0 aliphatic carbocycles. The maximum atomic E-state index is 12.8. The van der Waals surface area contributed by atoms with Gasteiger partial charge in [-0.2, -0.15) is 0 Å². The number of aryl methyl sites for hydroxylation is 1. The minimum atomic E-state index is -0.272. The fourth-order valence-corrected chi connectivity index (χ4v) is 3.67. The van der Waals surface area contributed by atoms with E-state index < -0.39 is 0 Å². The second-order valence-electron chi connectivity index (χ2n) is 7.40. The maximum absolute atomic E-state index is 12.8. The van der Waals surface area contributed by atoms with Crippen LogP contribution in [-0.4, -0.2) is 30.2 Å². The Hall–Kier alpha value is -3.05. The lowest BCUT2D eigenvalue weighted by atomic mass is 10.1. The number of nitrogens with one attached hydrogen (secondary N) is 1. The van der Waals surface area contributed by atoms with Gasteiger partial charge in [0.1, 0.15) is 5.76 Å². The molecule has 1 aromatic heterocycles. The Kier molecular flexibility index (Phi) is 5.67. The van der Waals surface area contributed by atoms with Crippen molar-refractivity contribution >= 4 is 17.3 Å². The highest BCUT2D eigenvalue weighted by Crippen LogP contribution is 2.29. The predicted octanol–water partition coefficient (Wildman–Crippen LogP) is 4.72. The normalized spacial score (nSPS) is 14.8. The van der Waals surface area contributed by atoms with E-state index in [0.29, 0.717) is 5.76 Å². The van der Waals surface area contributed by atoms with Crippen LogP contribution in [0.1, 0.15) is 35.9 Å². The number of carbonyl (C=O) groups is 1. The molecule has 2 N–H and O–H groups in total. The van der Waals surface area contributed by atoms with Gasteiger partial charge >= 0.3 is 0 Å². The zero-order valence-electron chi connectivity index (χ0n) is 16.6. The van der Waals surface area contributed by atoms with E-state index in [4.69, 9.17) is 4.42 Å². The molecule has 2 heterocycles. The van der Waals surface area contributed by atoms with Crippen molar-refractivity contribution < 1.29 is 14.3 Å². The van der Waals surface area contributed by atoms with Gasteiger partial charge < -0.3 is 19.7 Å². The van der Waals surface area contributed by atoms with Crippen molar-refractivity contribution in [3.05, 3.63) is 72.0 Å². The average molecular weight is 390 g/mol. The fourth-order valence-electron chi connectivity index (χ4n) is 3.67. The molecule has 0 atom stereocenters. The number of aliphatic hydroxyl groups excluding tert-OH is 1. The molecule has 5 nitrogen and oxygen atoms in total. The van der Waals surface area contributed by atoms with Crippen molar-refractivity contribution in [1.29, 1.82) is 0 Å². The molecule has 0 saturated carbocycles. The summed E-state index contributed by atoms with van der Waals surface area (Å²) in [5, 5.41) is 12.7. The fraction of sp³-hybridized carbons (Fsp3) is 0.292. The molecule has 29 heavy (non-hydrogen) atoms. The second-order valence-corrected chi connectivity index (χ2v) is 7.40. The largest absolute Gasteiger partial charge is 0.451 e. The van der Waals surface area contributed by atoms with E-state index in [1.165, 1.54) is 5.56 Å². The van der Waals surface area contributed by atoms with Crippen LogP contribution in [0, 0.1) is 0 Å². The SMILES string of the molecule is CCc1ccc(-c2ccc(C(=O)Nc3ccccc3N3CCC(O)CC3)o2)cc1. The van der Waals surface area contributed by atoms with Crippen LogP contribution < -0.4 is 10.2 Å². The number of hydrogen-bond donors (Lipinski definition) is 2. The van der Waals surface area contributed by atoms with Gasteiger partial charge in [0, 0.05) is 18.7 Å². The highest BCUT2D eigenvalue weighted by atomic mass is 16.3. The molecule has 1 amide bonds. The van der Waals surface area contributed by atoms with Crippen LogP contribution in [0.15, 0.2) is 65.1 Å². The Labute approximate surface area is 171 Å². The van der Waals surface area contributed by atoms with E-state index in [-0.39, 0.29) is 17.8 Å². The smallest absolute Gasteiger partial charge is 0.291 e. The minimum Gasteiger partial charge on any atom is -0.451 e. The number of benzene rings is 2. The zero-order valence-corrected chi connectivity index (χ0v) is 16.6. The molecule has 1 fully saturated rings. The first kappa shape index (κ1) is 19.3. The minimum absolute atomic E-state index is 0.235. The van der Waals surface area contributed by atoms with E-state index in [2.05, 4.69) is 29.3 Å². The van der Waals surface area contributed by atoms with Crippen LogP contribution in [0.5, 0.6) is 0 Å². The lowest BCUT2D eigenvalue weighted by Crippen LogP contribution is -2.36. The van der Waals surface area contributed by atoms with Gasteiger partial charge in [-0.05, 0) is 49.1 Å². The zero-order chi connectivity index (χ0) is 20.2. The molecule has 1 aliphatic rings. The summed E-state index contributed by atoms with van der Waals surface area (Å²) in [6.07, 6.45) is 2.23. The van der Waals surface area contributed by atoms with Crippen molar-refractivity contribution in [2.75, 3.05) is 23.3 Å². The van der Waals surface area contributed by atoms with Gasteiger partial charge in [0.2, 0.25) is 0 Å². The standard InChI is InChI=1S/C24H26N2O3/c1-2-17-7-9-18(10-8-17)22-11-12-23(29-22)24(28)25-20-5-3-4-6-21(20)26-15-13-19(27)14-16-26/h3-12,19,27H,2,13-16H2,1H3,(H,25,28). The number of furan rings is 1. The van der Waals surface area contributed by atoms with Gasteiger partial charge in [0.05, 0.1) is 17.5 Å². The van der Waals surface area contributed by atoms with Crippen LogP contribution in [-0.2, 0) is 6.42 Å². The summed E-state index contributed by atoms with van der Waals surface area (Å²) in [4.78, 5) is 15.0. The highest BCUT2D eigenvalue weighted by molar-refractivity contribution is 6.04.